The quantitative estimate of drug-likeness (QED) is 0.0918. The van der Waals surface area contributed by atoms with Crippen molar-refractivity contribution in [3.8, 4) is 0 Å². The van der Waals surface area contributed by atoms with Crippen LogP contribution in [-0.2, 0) is 4.79 Å². The van der Waals surface area contributed by atoms with E-state index >= 15 is 0 Å². The van der Waals surface area contributed by atoms with Crippen molar-refractivity contribution < 1.29 is 4.79 Å². The molecule has 0 atom stereocenters. The Hall–Kier alpha value is -3.45. The van der Waals surface area contributed by atoms with Gasteiger partial charge in [-0.25, -0.2) is 0 Å². The molecule has 2 heteroatoms. The topological polar surface area (TPSA) is 17.1 Å². The number of aldehydes is 1. The fraction of sp³-hybridized carbons (Fsp3) is 0.420. The van der Waals surface area contributed by atoms with Crippen LogP contribution in [-0.4, -0.2) is 20.8 Å². The van der Waals surface area contributed by atoms with Crippen molar-refractivity contribution in [1.82, 2.24) is 0 Å². The van der Waals surface area contributed by atoms with Gasteiger partial charge >= 0.3 is 326 Å². The van der Waals surface area contributed by atoms with E-state index in [0.29, 0.717) is 0 Å². The summed E-state index contributed by atoms with van der Waals surface area (Å²) in [5.41, 5.74) is 14.3. The van der Waals surface area contributed by atoms with Crippen LogP contribution < -0.4 is 0 Å². The van der Waals surface area contributed by atoms with Gasteiger partial charge in [-0.05, 0) is 0 Å². The van der Waals surface area contributed by atoms with E-state index in [1.54, 1.807) is 0 Å². The summed E-state index contributed by atoms with van der Waals surface area (Å²) in [6.45, 7) is 38.0. The normalized spacial score (nSPS) is 14.7. The summed E-state index contributed by atoms with van der Waals surface area (Å²) >= 11 is -0.0258. The van der Waals surface area contributed by atoms with Gasteiger partial charge in [-0.15, -0.1) is 0 Å². The Morgan fingerprint density at radius 3 is 1.13 bits per heavy atom. The second-order valence-corrected chi connectivity index (χ2v) is 21.0. The van der Waals surface area contributed by atoms with Gasteiger partial charge in [-0.2, -0.15) is 0 Å². The number of hydrogen-bond donors (Lipinski definition) is 0. The van der Waals surface area contributed by atoms with Crippen LogP contribution in [0.1, 0.15) is 135 Å². The molecule has 278 valence electrons. The van der Waals surface area contributed by atoms with Crippen molar-refractivity contribution in [2.75, 3.05) is 0 Å². The SMILES string of the molecule is C/C(=C\C(/C=C(\C)C(C)(C)C)=C(c1cccc(C)c1)c1ccc(/C(=C(/C=C(\C=O)C(C)(C)C)\C=C(/C)C(C)(C)C)c2cccc(C)c2)[se]1)C(C)(C)C. The molecule has 52 heavy (non-hydrogen) atoms. The standard InChI is InChI=1S/C50H66OSe/c1-33-20-18-22-38(26-33)45(40(28-35(3)47(6,7)8)29-36(4)48(9,10)11)43-24-25-44(52-43)46(39-23-19-21-34(2)27-39)41(30-37(5)49(12,13)14)31-42(32-51)50(15,16)17/h18-32H,1-17H3/b35-28+,36-29+,37-30+,42-31+,46-41+. The molecule has 1 nitrogen and oxygen atoms in total. The van der Waals surface area contributed by atoms with Crippen LogP contribution in [0.3, 0.4) is 0 Å². The molecule has 0 N–H and O–H groups in total. The average molecular weight is 762 g/mol. The molecule has 2 aromatic carbocycles. The van der Waals surface area contributed by atoms with Gasteiger partial charge in [0, 0.05) is 0 Å². The predicted octanol–water partition coefficient (Wildman–Crippen LogP) is 14.1. The van der Waals surface area contributed by atoms with Crippen LogP contribution in [0, 0.1) is 35.5 Å². The number of carbonyl (C=O) groups excluding carboxylic acids is 1. The Balaban J connectivity index is 2.65. The van der Waals surface area contributed by atoms with E-state index in [1.807, 2.05) is 0 Å². The van der Waals surface area contributed by atoms with Gasteiger partial charge in [0.25, 0.3) is 0 Å². The van der Waals surface area contributed by atoms with Crippen LogP contribution in [0.25, 0.3) is 11.1 Å². The fourth-order valence-corrected chi connectivity index (χ4v) is 7.91. The number of rotatable bonds is 9. The van der Waals surface area contributed by atoms with Crippen LogP contribution in [0.15, 0.2) is 118 Å². The van der Waals surface area contributed by atoms with Crippen LogP contribution in [0.2, 0.25) is 0 Å². The number of benzene rings is 2. The van der Waals surface area contributed by atoms with Crippen LogP contribution in [0.5, 0.6) is 0 Å². The molecule has 0 bridgehead atoms. The number of carbonyl (C=O) groups is 1. The van der Waals surface area contributed by atoms with Gasteiger partial charge in [0.1, 0.15) is 0 Å². The Bertz CT molecular complexity index is 1910. The van der Waals surface area contributed by atoms with E-state index < -0.39 is 0 Å². The number of aryl methyl sites for hydroxylation is 2. The molecular weight excluding hydrogens is 696 g/mol. The van der Waals surface area contributed by atoms with Crippen molar-refractivity contribution in [3.63, 3.8) is 0 Å². The first-order chi connectivity index (χ1) is 23.8. The van der Waals surface area contributed by atoms with Crippen molar-refractivity contribution in [1.29, 1.82) is 0 Å². The molecule has 0 aliphatic carbocycles. The van der Waals surface area contributed by atoms with Crippen molar-refractivity contribution in [3.05, 3.63) is 150 Å². The zero-order valence-electron chi connectivity index (χ0n) is 35.5. The second kappa shape index (κ2) is 16.7. The van der Waals surface area contributed by atoms with E-state index in [1.165, 1.54) is 64.6 Å². The molecule has 0 spiro atoms. The third kappa shape index (κ3) is 11.5. The molecule has 0 aliphatic heterocycles. The molecule has 0 fully saturated rings. The third-order valence-electron chi connectivity index (χ3n) is 10.3. The Labute approximate surface area is 324 Å². The summed E-state index contributed by atoms with van der Waals surface area (Å²) in [4.78, 5) is 12.7. The summed E-state index contributed by atoms with van der Waals surface area (Å²) in [7, 11) is 0. The molecule has 0 radical (unpaired) electrons. The first-order valence-corrected chi connectivity index (χ1v) is 20.5. The summed E-state index contributed by atoms with van der Waals surface area (Å²) in [5.74, 6) is 0. The third-order valence-corrected chi connectivity index (χ3v) is 12.6. The Morgan fingerprint density at radius 2 is 0.846 bits per heavy atom. The van der Waals surface area contributed by atoms with E-state index in [4.69, 9.17) is 0 Å². The molecule has 1 heterocycles. The first kappa shape index (κ1) is 43.0. The predicted molar refractivity (Wildman–Crippen MR) is 231 cm³/mol. The van der Waals surface area contributed by atoms with Gasteiger partial charge < -0.3 is 0 Å². The van der Waals surface area contributed by atoms with Gasteiger partial charge in [0.2, 0.25) is 0 Å². The van der Waals surface area contributed by atoms with E-state index in [-0.39, 0.29) is 36.2 Å². The minimum atomic E-state index is -0.294. The van der Waals surface area contributed by atoms with Crippen LogP contribution in [0.4, 0.5) is 0 Å². The van der Waals surface area contributed by atoms with E-state index in [0.717, 1.165) is 17.4 Å². The zero-order valence-corrected chi connectivity index (χ0v) is 37.2. The average Bonchev–Trinajstić information content (AvgIpc) is 3.46. The number of allylic oxidation sites excluding steroid dienone is 10. The molecule has 0 saturated carbocycles. The maximum atomic E-state index is 12.7. The summed E-state index contributed by atoms with van der Waals surface area (Å²) in [5, 5.41) is 0. The molecule has 0 saturated heterocycles. The molecule has 3 rings (SSSR count). The van der Waals surface area contributed by atoms with Crippen molar-refractivity contribution in [2.45, 2.75) is 118 Å². The molecule has 0 aliphatic rings. The number of hydrogen-bond acceptors (Lipinski definition) is 1. The Morgan fingerprint density at radius 1 is 0.500 bits per heavy atom. The van der Waals surface area contributed by atoms with Gasteiger partial charge in [0.05, 0.1) is 0 Å². The molecule has 0 unspecified atom stereocenters. The summed E-state index contributed by atoms with van der Waals surface area (Å²) in [6.07, 6.45) is 10.4. The van der Waals surface area contributed by atoms with Crippen LogP contribution >= 0.6 is 0 Å². The maximum absolute atomic E-state index is 12.7. The molecule has 0 amide bonds. The zero-order chi connectivity index (χ0) is 39.4. The molecule has 3 aromatic rings. The fourth-order valence-electron chi connectivity index (χ4n) is 5.43. The minimum absolute atomic E-state index is 0.0248. The Kier molecular flexibility index (Phi) is 13.8. The van der Waals surface area contributed by atoms with E-state index in [2.05, 4.69) is 203 Å². The molecular formula is C50H66OSe. The monoisotopic (exact) mass is 762 g/mol. The first-order valence-electron chi connectivity index (χ1n) is 18.8. The van der Waals surface area contributed by atoms with E-state index in [9.17, 15) is 4.79 Å². The summed E-state index contributed by atoms with van der Waals surface area (Å²) < 4.78 is 2.67. The van der Waals surface area contributed by atoms with Crippen molar-refractivity contribution in [2.24, 2.45) is 21.7 Å². The van der Waals surface area contributed by atoms with Gasteiger partial charge in [-0.3, -0.25) is 0 Å². The molecule has 1 aromatic heterocycles. The van der Waals surface area contributed by atoms with Crippen molar-refractivity contribution >= 4 is 31.9 Å². The van der Waals surface area contributed by atoms with Gasteiger partial charge in [0.15, 0.2) is 0 Å². The summed E-state index contributed by atoms with van der Waals surface area (Å²) in [6, 6.07) is 22.6. The second-order valence-electron chi connectivity index (χ2n) is 18.8. The van der Waals surface area contributed by atoms with Gasteiger partial charge in [-0.1, -0.05) is 0 Å².